The van der Waals surface area contributed by atoms with Gasteiger partial charge in [-0.05, 0) is 50.4 Å². The van der Waals surface area contributed by atoms with E-state index in [1.807, 2.05) is 6.08 Å². The molecule has 0 nitrogen and oxygen atoms in total. The van der Waals surface area contributed by atoms with Crippen LogP contribution in [0.3, 0.4) is 0 Å². The Balaban J connectivity index is 2.00. The van der Waals surface area contributed by atoms with Crippen molar-refractivity contribution in [3.8, 4) is 11.1 Å². The van der Waals surface area contributed by atoms with E-state index in [-0.39, 0.29) is 0 Å². The lowest BCUT2D eigenvalue weighted by molar-refractivity contribution is 1.63. The quantitative estimate of drug-likeness (QED) is 0.378. The van der Waals surface area contributed by atoms with Crippen molar-refractivity contribution in [3.05, 3.63) is 91.0 Å². The zero-order valence-corrected chi connectivity index (χ0v) is 12.3. The molecular weight excluding hydrogens is 264 g/mol. The van der Waals surface area contributed by atoms with E-state index in [4.69, 9.17) is 0 Å². The van der Waals surface area contributed by atoms with Crippen molar-refractivity contribution in [1.82, 2.24) is 0 Å². The Morgan fingerprint density at radius 1 is 0.636 bits per heavy atom. The van der Waals surface area contributed by atoms with Gasteiger partial charge in [-0.15, -0.1) is 0 Å². The molecular formula is C22H16. The molecule has 22 heavy (non-hydrogen) atoms. The molecule has 0 N–H and O–H groups in total. The molecule has 0 bridgehead atoms. The van der Waals surface area contributed by atoms with E-state index >= 15 is 0 Å². The van der Waals surface area contributed by atoms with Gasteiger partial charge in [0.05, 0.1) is 0 Å². The maximum Gasteiger partial charge on any atom is -0.00990 e. The van der Waals surface area contributed by atoms with Crippen LogP contribution in [0.5, 0.6) is 0 Å². The van der Waals surface area contributed by atoms with Gasteiger partial charge in [0.1, 0.15) is 0 Å². The average molecular weight is 280 g/mol. The molecule has 0 heterocycles. The minimum absolute atomic E-state index is 1.15. The molecule has 0 aromatic heterocycles. The van der Waals surface area contributed by atoms with E-state index in [0.717, 1.165) is 5.56 Å². The van der Waals surface area contributed by atoms with E-state index in [9.17, 15) is 0 Å². The third kappa shape index (κ3) is 2.10. The molecule has 0 aliphatic carbocycles. The molecule has 0 saturated carbocycles. The zero-order valence-electron chi connectivity index (χ0n) is 12.3. The van der Waals surface area contributed by atoms with Gasteiger partial charge in [0, 0.05) is 0 Å². The number of fused-ring (bicyclic) bond motifs is 2. The summed E-state index contributed by atoms with van der Waals surface area (Å²) in [6.07, 6.45) is 1.88. The molecule has 104 valence electrons. The van der Waals surface area contributed by atoms with Crippen LogP contribution in [-0.2, 0) is 0 Å². The third-order valence-electron chi connectivity index (χ3n) is 4.20. The summed E-state index contributed by atoms with van der Waals surface area (Å²) in [6, 6.07) is 28.2. The molecule has 4 aromatic rings. The van der Waals surface area contributed by atoms with Crippen molar-refractivity contribution in [3.63, 3.8) is 0 Å². The Morgan fingerprint density at radius 3 is 2.05 bits per heavy atom. The first-order valence-corrected chi connectivity index (χ1v) is 7.49. The van der Waals surface area contributed by atoms with E-state index in [1.54, 1.807) is 0 Å². The van der Waals surface area contributed by atoms with Crippen molar-refractivity contribution in [1.29, 1.82) is 0 Å². The molecule has 0 radical (unpaired) electrons. The Labute approximate surface area is 130 Å². The van der Waals surface area contributed by atoms with Crippen LogP contribution in [-0.4, -0.2) is 0 Å². The third-order valence-corrected chi connectivity index (χ3v) is 4.20. The molecule has 0 fully saturated rings. The van der Waals surface area contributed by atoms with Gasteiger partial charge in [-0.1, -0.05) is 79.4 Å². The maximum atomic E-state index is 3.82. The van der Waals surface area contributed by atoms with Gasteiger partial charge in [0.2, 0.25) is 0 Å². The van der Waals surface area contributed by atoms with Crippen LogP contribution in [0, 0.1) is 0 Å². The van der Waals surface area contributed by atoms with Crippen LogP contribution in [0.1, 0.15) is 5.56 Å². The average Bonchev–Trinajstić information content (AvgIpc) is 2.59. The molecule has 0 spiro atoms. The predicted octanol–water partition coefficient (Wildman–Crippen LogP) is 6.30. The predicted molar refractivity (Wildman–Crippen MR) is 97.0 cm³/mol. The summed E-state index contributed by atoms with van der Waals surface area (Å²) in [7, 11) is 0. The highest BCUT2D eigenvalue weighted by Crippen LogP contribution is 2.32. The van der Waals surface area contributed by atoms with Gasteiger partial charge in [-0.2, -0.15) is 0 Å². The van der Waals surface area contributed by atoms with Crippen LogP contribution in [0.4, 0.5) is 0 Å². The molecule has 0 amide bonds. The number of hydrogen-bond donors (Lipinski definition) is 0. The smallest absolute Gasteiger partial charge is 0.00990 e. The summed E-state index contributed by atoms with van der Waals surface area (Å²) in [5, 5.41) is 5.15. The van der Waals surface area contributed by atoms with Gasteiger partial charge in [0.15, 0.2) is 0 Å². The molecule has 4 aromatic carbocycles. The van der Waals surface area contributed by atoms with Gasteiger partial charge in [0.25, 0.3) is 0 Å². The Kier molecular flexibility index (Phi) is 3.01. The van der Waals surface area contributed by atoms with E-state index in [2.05, 4.69) is 85.4 Å². The van der Waals surface area contributed by atoms with Crippen molar-refractivity contribution in [2.24, 2.45) is 0 Å². The summed E-state index contributed by atoms with van der Waals surface area (Å²) >= 11 is 0. The molecule has 0 aliphatic rings. The van der Waals surface area contributed by atoms with E-state index < -0.39 is 0 Å². The first-order chi connectivity index (χ1) is 10.8. The first kappa shape index (κ1) is 12.8. The first-order valence-electron chi connectivity index (χ1n) is 7.49. The normalized spacial score (nSPS) is 10.9. The Morgan fingerprint density at radius 2 is 1.32 bits per heavy atom. The Bertz CT molecular complexity index is 976. The lowest BCUT2D eigenvalue weighted by Gasteiger charge is -2.09. The fourth-order valence-electron chi connectivity index (χ4n) is 3.02. The monoisotopic (exact) mass is 280 g/mol. The lowest BCUT2D eigenvalue weighted by atomic mass is 9.95. The molecule has 0 heteroatoms. The van der Waals surface area contributed by atoms with Gasteiger partial charge in [-0.25, -0.2) is 0 Å². The second kappa shape index (κ2) is 5.16. The largest absolute Gasteiger partial charge is 0.0985 e. The van der Waals surface area contributed by atoms with Gasteiger partial charge >= 0.3 is 0 Å². The fraction of sp³-hybridized carbons (Fsp3) is 0. The van der Waals surface area contributed by atoms with Crippen LogP contribution in [0.25, 0.3) is 38.7 Å². The van der Waals surface area contributed by atoms with Crippen molar-refractivity contribution in [2.45, 2.75) is 0 Å². The molecule has 0 aliphatic heterocycles. The molecule has 4 rings (SSSR count). The molecule has 0 unspecified atom stereocenters. The highest BCUT2D eigenvalue weighted by molar-refractivity contribution is 6.04. The minimum atomic E-state index is 1.15. The van der Waals surface area contributed by atoms with Crippen molar-refractivity contribution in [2.75, 3.05) is 0 Å². The summed E-state index contributed by atoms with van der Waals surface area (Å²) in [4.78, 5) is 0. The summed E-state index contributed by atoms with van der Waals surface area (Å²) in [5.74, 6) is 0. The fourth-order valence-corrected chi connectivity index (χ4v) is 3.02. The number of hydrogen-bond acceptors (Lipinski definition) is 0. The second-order valence-corrected chi connectivity index (χ2v) is 5.55. The molecule has 0 saturated heterocycles. The molecule has 0 atom stereocenters. The van der Waals surface area contributed by atoms with Crippen LogP contribution in [0.15, 0.2) is 85.4 Å². The highest BCUT2D eigenvalue weighted by atomic mass is 14.1. The minimum Gasteiger partial charge on any atom is -0.0985 e. The Hall–Kier alpha value is -2.86. The SMILES string of the molecule is C=Cc1ccc(-c2cccc3cc4ccccc4cc23)cc1. The standard InChI is InChI=1S/C22H16/c1-2-16-10-12-17(13-11-16)21-9-5-8-20-14-18-6-3-4-7-19(18)15-22(20)21/h2-15H,1H2. The van der Waals surface area contributed by atoms with Gasteiger partial charge in [-0.3, -0.25) is 0 Å². The van der Waals surface area contributed by atoms with E-state index in [1.165, 1.54) is 32.7 Å². The number of benzene rings is 4. The summed E-state index contributed by atoms with van der Waals surface area (Å²) in [5.41, 5.74) is 3.67. The topological polar surface area (TPSA) is 0 Å². The lowest BCUT2D eigenvalue weighted by Crippen LogP contribution is -1.83. The maximum absolute atomic E-state index is 3.82. The zero-order chi connectivity index (χ0) is 14.9. The van der Waals surface area contributed by atoms with Gasteiger partial charge < -0.3 is 0 Å². The summed E-state index contributed by atoms with van der Waals surface area (Å²) < 4.78 is 0. The summed E-state index contributed by atoms with van der Waals surface area (Å²) in [6.45, 7) is 3.82. The van der Waals surface area contributed by atoms with Crippen LogP contribution in [0.2, 0.25) is 0 Å². The highest BCUT2D eigenvalue weighted by Gasteiger charge is 2.05. The van der Waals surface area contributed by atoms with Crippen molar-refractivity contribution < 1.29 is 0 Å². The van der Waals surface area contributed by atoms with Crippen LogP contribution < -0.4 is 0 Å². The number of rotatable bonds is 2. The second-order valence-electron chi connectivity index (χ2n) is 5.55. The van der Waals surface area contributed by atoms with Crippen LogP contribution >= 0.6 is 0 Å². The van der Waals surface area contributed by atoms with Crippen molar-refractivity contribution >= 4 is 27.6 Å². The van der Waals surface area contributed by atoms with E-state index in [0.29, 0.717) is 0 Å².